The number of hydrogen-bond acceptors (Lipinski definition) is 6. The second-order valence-electron chi connectivity index (χ2n) is 13.8. The van der Waals surface area contributed by atoms with Gasteiger partial charge >= 0.3 is 0 Å². The Kier molecular flexibility index (Phi) is 29.5. The molecule has 1 heterocycles. The molecule has 0 saturated carbocycles. The molecule has 1 aliphatic heterocycles. The molecule has 7 heteroatoms. The maximum absolute atomic E-state index is 12.9. The van der Waals surface area contributed by atoms with E-state index >= 15 is 0 Å². The molecule has 306 valence electrons. The van der Waals surface area contributed by atoms with Gasteiger partial charge in [0.25, 0.3) is 0 Å². The van der Waals surface area contributed by atoms with E-state index in [4.69, 9.17) is 14.6 Å². The lowest BCUT2D eigenvalue weighted by molar-refractivity contribution is -0.129. The number of nitrogens with zero attached hydrogens (tertiary/aromatic N) is 2. The van der Waals surface area contributed by atoms with Crippen LogP contribution in [0.25, 0.3) is 5.57 Å². The average molecular weight is 751 g/mol. The molecule has 54 heavy (non-hydrogen) atoms. The van der Waals surface area contributed by atoms with Crippen LogP contribution >= 0.6 is 0 Å². The number of hydrogen-bond donors (Lipinski definition) is 1. The number of aliphatic hydroxyl groups excluding tert-OH is 1. The number of Topliss-reactive ketones (excluding diaryl/α,β-unsaturated/α-hetero) is 1. The Balaban J connectivity index is 0. The number of ether oxygens (including phenoxy) is 2. The number of rotatable bonds is 16. The zero-order chi connectivity index (χ0) is 41.7. The van der Waals surface area contributed by atoms with Gasteiger partial charge in [0.2, 0.25) is 5.91 Å². The highest BCUT2D eigenvalue weighted by Gasteiger charge is 2.22. The SMILES string of the molecule is C=CN(Cc1ccc(OC)cc1)C(=O)CCC(C)CCCc1cccc(C2=CCN(/C(=C\CC)OC(C)(C)C)CC2)c1C.CC.CC.CCC(C)=O.CO. The van der Waals surface area contributed by atoms with Crippen molar-refractivity contribution >= 4 is 17.3 Å². The van der Waals surface area contributed by atoms with Gasteiger partial charge in [-0.15, -0.1) is 0 Å². The Bertz CT molecular complexity index is 1370. The van der Waals surface area contributed by atoms with Gasteiger partial charge < -0.3 is 29.2 Å². The molecule has 3 rings (SSSR count). The average Bonchev–Trinajstić information content (AvgIpc) is 3.19. The number of aryl methyl sites for hydroxylation is 1. The fraction of sp³-hybridized carbons (Fsp3) is 0.574. The van der Waals surface area contributed by atoms with Crippen LogP contribution < -0.4 is 4.74 Å². The van der Waals surface area contributed by atoms with E-state index in [1.165, 1.54) is 22.3 Å². The lowest BCUT2D eigenvalue weighted by Crippen LogP contribution is -2.33. The zero-order valence-corrected chi connectivity index (χ0v) is 36.8. The lowest BCUT2D eigenvalue weighted by atomic mass is 9.90. The Morgan fingerprint density at radius 3 is 2.11 bits per heavy atom. The van der Waals surface area contributed by atoms with Crippen LogP contribution in [0.15, 0.2) is 73.3 Å². The molecule has 0 radical (unpaired) electrons. The number of benzene rings is 2. The van der Waals surface area contributed by atoms with Crippen molar-refractivity contribution < 1.29 is 24.2 Å². The first-order valence-electron chi connectivity index (χ1n) is 20.2. The number of methoxy groups -OCH3 is 1. The molecule has 0 aliphatic carbocycles. The Labute approximate surface area is 331 Å². The topological polar surface area (TPSA) is 79.3 Å². The zero-order valence-electron chi connectivity index (χ0n) is 36.8. The molecular formula is C47H78N2O5. The first kappa shape index (κ1) is 52.3. The van der Waals surface area contributed by atoms with Crippen LogP contribution in [0.5, 0.6) is 5.75 Å². The third kappa shape index (κ3) is 21.2. The molecule has 7 nitrogen and oxygen atoms in total. The summed E-state index contributed by atoms with van der Waals surface area (Å²) in [4.78, 5) is 26.8. The van der Waals surface area contributed by atoms with Crippen molar-refractivity contribution in [1.29, 1.82) is 0 Å². The van der Waals surface area contributed by atoms with Crippen LogP contribution in [0.4, 0.5) is 0 Å². The van der Waals surface area contributed by atoms with E-state index in [0.29, 0.717) is 25.3 Å². The van der Waals surface area contributed by atoms with Crippen molar-refractivity contribution in [3.63, 3.8) is 0 Å². The van der Waals surface area contributed by atoms with Gasteiger partial charge in [-0.3, -0.25) is 4.79 Å². The predicted molar refractivity (Wildman–Crippen MR) is 231 cm³/mol. The molecule has 2 aromatic rings. The molecule has 0 spiro atoms. The number of carbonyl (C=O) groups is 2. The predicted octanol–water partition coefficient (Wildman–Crippen LogP) is 11.7. The third-order valence-electron chi connectivity index (χ3n) is 8.65. The van der Waals surface area contributed by atoms with Crippen molar-refractivity contribution in [2.75, 3.05) is 27.3 Å². The molecule has 1 atom stereocenters. The normalized spacial score (nSPS) is 12.7. The van der Waals surface area contributed by atoms with Crippen LogP contribution in [-0.2, 0) is 27.3 Å². The van der Waals surface area contributed by atoms with E-state index in [1.807, 2.05) is 58.9 Å². The van der Waals surface area contributed by atoms with Gasteiger partial charge in [-0.25, -0.2) is 0 Å². The van der Waals surface area contributed by atoms with Gasteiger partial charge in [0.15, 0.2) is 5.88 Å². The van der Waals surface area contributed by atoms with Gasteiger partial charge in [-0.05, 0) is 125 Å². The summed E-state index contributed by atoms with van der Waals surface area (Å²) in [6, 6.07) is 14.6. The van der Waals surface area contributed by atoms with E-state index in [2.05, 4.69) is 83.4 Å². The molecular weight excluding hydrogens is 673 g/mol. The smallest absolute Gasteiger partial charge is 0.226 e. The van der Waals surface area contributed by atoms with Crippen molar-refractivity contribution in [3.05, 3.63) is 95.5 Å². The number of carbonyl (C=O) groups excluding carboxylic acids is 2. The fourth-order valence-electron chi connectivity index (χ4n) is 5.62. The third-order valence-corrected chi connectivity index (χ3v) is 8.65. The van der Waals surface area contributed by atoms with Crippen LogP contribution in [0.2, 0.25) is 0 Å². The maximum atomic E-state index is 12.9. The van der Waals surface area contributed by atoms with Gasteiger partial charge in [-0.1, -0.05) is 97.9 Å². The first-order valence-corrected chi connectivity index (χ1v) is 20.2. The number of allylic oxidation sites excluding steroid dienone is 1. The first-order chi connectivity index (χ1) is 25.8. The van der Waals surface area contributed by atoms with Gasteiger partial charge in [-0.2, -0.15) is 0 Å². The van der Waals surface area contributed by atoms with Crippen LogP contribution in [0, 0.1) is 12.8 Å². The summed E-state index contributed by atoms with van der Waals surface area (Å²) in [7, 11) is 2.66. The van der Waals surface area contributed by atoms with E-state index in [1.54, 1.807) is 25.1 Å². The van der Waals surface area contributed by atoms with Gasteiger partial charge in [0.05, 0.1) is 13.7 Å². The van der Waals surface area contributed by atoms with E-state index in [9.17, 15) is 9.59 Å². The fourth-order valence-corrected chi connectivity index (χ4v) is 5.62. The standard InChI is InChI=1S/C38H54N2O3.C4H8O.2C2H6.CH4O/c1-9-13-37(43-38(5,6)7)40-26-24-33(25-27-40)35-17-12-16-32(30(35)4)15-11-14-29(3)18-23-36(41)39(10-2)28-31-19-21-34(42-8)22-20-31;1-3-4(2)5;3*1-2/h10,12-13,16-17,19-22,24,29H,2,9,11,14-15,18,23,25-28H2,1,3-8H3;3H2,1-2H3;2*1-2H3;2H,1H3/b37-13+;;;;. The lowest BCUT2D eigenvalue weighted by Gasteiger charge is -2.34. The van der Waals surface area contributed by atoms with Gasteiger partial charge in [0, 0.05) is 33.0 Å². The summed E-state index contributed by atoms with van der Waals surface area (Å²) in [6.45, 7) is 30.7. The molecule has 2 aromatic carbocycles. The summed E-state index contributed by atoms with van der Waals surface area (Å²) in [6.07, 6.45) is 13.6. The molecule has 0 fully saturated rings. The quantitative estimate of drug-likeness (QED) is 0.172. The van der Waals surface area contributed by atoms with Crippen molar-refractivity contribution in [2.45, 2.75) is 147 Å². The Hall–Kier alpha value is -3.84. The number of ketones is 1. The highest BCUT2D eigenvalue weighted by molar-refractivity contribution is 5.77. The summed E-state index contributed by atoms with van der Waals surface area (Å²) < 4.78 is 11.5. The molecule has 1 aliphatic rings. The van der Waals surface area contributed by atoms with E-state index < -0.39 is 0 Å². The van der Waals surface area contributed by atoms with E-state index in [0.717, 1.165) is 75.9 Å². The summed E-state index contributed by atoms with van der Waals surface area (Å²) >= 11 is 0. The van der Waals surface area contributed by atoms with Crippen molar-refractivity contribution in [3.8, 4) is 5.75 Å². The highest BCUT2D eigenvalue weighted by atomic mass is 16.5. The minimum Gasteiger partial charge on any atom is -0.497 e. The van der Waals surface area contributed by atoms with Crippen molar-refractivity contribution in [2.24, 2.45) is 5.92 Å². The van der Waals surface area contributed by atoms with Crippen molar-refractivity contribution in [1.82, 2.24) is 9.80 Å². The number of aliphatic hydroxyl groups is 1. The van der Waals surface area contributed by atoms with Crippen LogP contribution in [-0.4, -0.2) is 59.5 Å². The maximum Gasteiger partial charge on any atom is 0.226 e. The molecule has 0 bridgehead atoms. The molecule has 0 saturated heterocycles. The van der Waals surface area contributed by atoms with Crippen LogP contribution in [0.3, 0.4) is 0 Å². The largest absolute Gasteiger partial charge is 0.497 e. The monoisotopic (exact) mass is 751 g/mol. The minimum atomic E-state index is -0.202. The summed E-state index contributed by atoms with van der Waals surface area (Å²) in [5.74, 6) is 2.69. The second-order valence-corrected chi connectivity index (χ2v) is 13.8. The molecule has 1 N–H and O–H groups in total. The van der Waals surface area contributed by atoms with E-state index in [-0.39, 0.29) is 17.3 Å². The summed E-state index contributed by atoms with van der Waals surface area (Å²) in [5.41, 5.74) is 6.52. The highest BCUT2D eigenvalue weighted by Crippen LogP contribution is 2.30. The summed E-state index contributed by atoms with van der Waals surface area (Å²) in [5, 5.41) is 7.00. The Morgan fingerprint density at radius 2 is 1.63 bits per heavy atom. The number of amides is 1. The van der Waals surface area contributed by atoms with Gasteiger partial charge in [0.1, 0.15) is 17.1 Å². The molecule has 1 amide bonds. The molecule has 1 unspecified atom stereocenters. The molecule has 0 aromatic heterocycles. The second kappa shape index (κ2) is 30.5. The minimum absolute atomic E-state index is 0.128. The Morgan fingerprint density at radius 1 is 1.02 bits per heavy atom. The van der Waals surface area contributed by atoms with Crippen LogP contribution in [0.1, 0.15) is 143 Å².